The van der Waals surface area contributed by atoms with Gasteiger partial charge in [0.15, 0.2) is 0 Å². The molecule has 0 aromatic heterocycles. The Hall–Kier alpha value is -3.47. The second-order valence-corrected chi connectivity index (χ2v) is 16.1. The molecule has 1 saturated heterocycles. The molecule has 4 N–H and O–H groups in total. The summed E-state index contributed by atoms with van der Waals surface area (Å²) in [6.07, 6.45) is 15.4. The van der Waals surface area contributed by atoms with E-state index in [0.717, 1.165) is 55.5 Å². The molecule has 48 heavy (non-hydrogen) atoms. The second-order valence-electron chi connectivity index (χ2n) is 16.1. The molecule has 6 atom stereocenters. The van der Waals surface area contributed by atoms with E-state index < -0.39 is 6.04 Å². The Morgan fingerprint density at radius 3 is 2.29 bits per heavy atom. The molecule has 0 aromatic rings. The third-order valence-corrected chi connectivity index (χ3v) is 11.1. The summed E-state index contributed by atoms with van der Waals surface area (Å²) in [6.45, 7) is 30.2. The van der Waals surface area contributed by atoms with Gasteiger partial charge >= 0.3 is 6.03 Å². The Morgan fingerprint density at radius 1 is 1.04 bits per heavy atom. The zero-order valence-electron chi connectivity index (χ0n) is 30.7. The van der Waals surface area contributed by atoms with Crippen LogP contribution in [0.4, 0.5) is 4.79 Å². The number of piperidine rings is 1. The molecule has 0 spiro atoms. The van der Waals surface area contributed by atoms with Crippen LogP contribution in [-0.4, -0.2) is 59.9 Å². The molecule has 1 aliphatic heterocycles. The van der Waals surface area contributed by atoms with E-state index in [1.54, 1.807) is 13.0 Å². The monoisotopic (exact) mass is 661 g/mol. The molecule has 0 aromatic carbocycles. The molecule has 3 aliphatic rings. The lowest BCUT2D eigenvalue weighted by atomic mass is 9.82. The Morgan fingerprint density at radius 2 is 1.71 bits per heavy atom. The standard InChI is InChI=1S/C40H63N5O3/c1-12-14-20-31(24-26(3)28(5)41-23-13-2)42-29(6)36-34-32(40(34,10)11)25-45(36)37(47)35(30-18-16-15-17-19-30)44-38(48)43-33(39(7,8)9)22-21-27(4)46/h1,13,30-36,41-42H,2-3,5-6,14-25H2,4,7-11H3,(H2,43,44,48)/t31?,32-,33?,34-,35?,36?/m0/s1. The Balaban J connectivity index is 1.83. The van der Waals surface area contributed by atoms with E-state index in [2.05, 4.69) is 88.1 Å². The summed E-state index contributed by atoms with van der Waals surface area (Å²) in [5, 5.41) is 13.2. The van der Waals surface area contributed by atoms with Gasteiger partial charge in [-0.05, 0) is 73.2 Å². The molecular formula is C40H63N5O3. The van der Waals surface area contributed by atoms with Gasteiger partial charge in [0, 0.05) is 49.4 Å². The van der Waals surface area contributed by atoms with Crippen molar-refractivity contribution in [3.63, 3.8) is 0 Å². The molecular weight excluding hydrogens is 598 g/mol. The highest BCUT2D eigenvalue weighted by Gasteiger charge is 2.68. The highest BCUT2D eigenvalue weighted by Crippen LogP contribution is 2.65. The van der Waals surface area contributed by atoms with Gasteiger partial charge in [0.05, 0.1) is 6.04 Å². The van der Waals surface area contributed by atoms with Gasteiger partial charge in [-0.25, -0.2) is 4.79 Å². The molecule has 3 rings (SSSR count). The average molecular weight is 662 g/mol. The summed E-state index contributed by atoms with van der Waals surface area (Å²) in [5.41, 5.74) is 2.30. The maximum absolute atomic E-state index is 14.7. The van der Waals surface area contributed by atoms with Crippen LogP contribution in [0.1, 0.15) is 106 Å². The summed E-state index contributed by atoms with van der Waals surface area (Å²) >= 11 is 0. The first-order valence-corrected chi connectivity index (χ1v) is 18.0. The molecule has 2 aliphatic carbocycles. The van der Waals surface area contributed by atoms with Gasteiger partial charge in [0.1, 0.15) is 11.8 Å². The number of hydrogen-bond donors (Lipinski definition) is 4. The van der Waals surface area contributed by atoms with Crippen molar-refractivity contribution in [2.75, 3.05) is 13.1 Å². The Labute approximate surface area is 291 Å². The number of hydrogen-bond acceptors (Lipinski definition) is 5. The number of terminal acetylenes is 1. The fourth-order valence-electron chi connectivity index (χ4n) is 7.92. The number of rotatable bonds is 18. The molecule has 0 radical (unpaired) electrons. The minimum atomic E-state index is -0.633. The van der Waals surface area contributed by atoms with Gasteiger partial charge in [-0.3, -0.25) is 4.79 Å². The molecule has 4 unspecified atom stereocenters. The number of fused-ring (bicyclic) bond motifs is 1. The van der Waals surface area contributed by atoms with Gasteiger partial charge < -0.3 is 31.0 Å². The predicted octanol–water partition coefficient (Wildman–Crippen LogP) is 6.62. The van der Waals surface area contributed by atoms with Crippen molar-refractivity contribution >= 4 is 17.7 Å². The Kier molecular flexibility index (Phi) is 13.6. The summed E-state index contributed by atoms with van der Waals surface area (Å²) < 4.78 is 0. The molecule has 0 bridgehead atoms. The number of likely N-dealkylation sites (tertiary alicyclic amines) is 1. The molecule has 3 fully saturated rings. The van der Waals surface area contributed by atoms with Gasteiger partial charge in [0.2, 0.25) is 5.91 Å². The van der Waals surface area contributed by atoms with Crippen molar-refractivity contribution in [2.45, 2.75) is 130 Å². The van der Waals surface area contributed by atoms with Crippen LogP contribution >= 0.6 is 0 Å². The maximum Gasteiger partial charge on any atom is 0.315 e. The zero-order valence-corrected chi connectivity index (χ0v) is 30.7. The topological polar surface area (TPSA) is 103 Å². The van der Waals surface area contributed by atoms with Crippen molar-refractivity contribution in [1.29, 1.82) is 0 Å². The number of allylic oxidation sites excluding steroid dienone is 1. The lowest BCUT2D eigenvalue weighted by molar-refractivity contribution is -0.136. The van der Waals surface area contributed by atoms with Crippen molar-refractivity contribution in [3.8, 4) is 12.3 Å². The zero-order chi connectivity index (χ0) is 35.8. The van der Waals surface area contributed by atoms with E-state index >= 15 is 0 Å². The van der Waals surface area contributed by atoms with Crippen LogP contribution in [-0.2, 0) is 9.59 Å². The fraction of sp³-hybridized carbons (Fsp3) is 0.675. The number of ketones is 1. The van der Waals surface area contributed by atoms with Crippen molar-refractivity contribution < 1.29 is 14.4 Å². The number of amides is 3. The lowest BCUT2D eigenvalue weighted by Crippen LogP contribution is -2.59. The average Bonchev–Trinajstić information content (AvgIpc) is 3.33. The van der Waals surface area contributed by atoms with E-state index in [1.165, 1.54) is 0 Å². The normalized spacial score (nSPS) is 23.4. The number of carbonyl (C=O) groups excluding carboxylic acids is 3. The number of nitrogens with zero attached hydrogens (tertiary/aromatic N) is 1. The third-order valence-electron chi connectivity index (χ3n) is 11.1. The van der Waals surface area contributed by atoms with Crippen LogP contribution in [0.25, 0.3) is 0 Å². The minimum Gasteiger partial charge on any atom is -0.384 e. The summed E-state index contributed by atoms with van der Waals surface area (Å²) in [4.78, 5) is 42.1. The van der Waals surface area contributed by atoms with E-state index in [4.69, 9.17) is 6.42 Å². The molecule has 3 amide bonds. The van der Waals surface area contributed by atoms with E-state index in [1.807, 2.05) is 4.90 Å². The number of nitrogens with one attached hydrogen (secondary N) is 4. The third kappa shape index (κ3) is 10.0. The first-order valence-electron chi connectivity index (χ1n) is 18.0. The second kappa shape index (κ2) is 16.8. The van der Waals surface area contributed by atoms with E-state index in [9.17, 15) is 14.4 Å². The highest BCUT2D eigenvalue weighted by atomic mass is 16.2. The van der Waals surface area contributed by atoms with E-state index in [-0.39, 0.29) is 58.5 Å². The summed E-state index contributed by atoms with van der Waals surface area (Å²) in [6, 6.07) is -1.42. The van der Waals surface area contributed by atoms with Crippen molar-refractivity contribution in [2.24, 2.45) is 28.6 Å². The van der Waals surface area contributed by atoms with Crippen LogP contribution in [0, 0.1) is 40.9 Å². The van der Waals surface area contributed by atoms with Crippen LogP contribution in [0.2, 0.25) is 0 Å². The van der Waals surface area contributed by atoms with Crippen LogP contribution in [0.5, 0.6) is 0 Å². The number of carbonyl (C=O) groups is 3. The Bertz CT molecular complexity index is 1260. The summed E-state index contributed by atoms with van der Waals surface area (Å²) in [7, 11) is 0. The van der Waals surface area contributed by atoms with Crippen LogP contribution in [0.15, 0.2) is 49.4 Å². The van der Waals surface area contributed by atoms with Crippen LogP contribution in [0.3, 0.4) is 0 Å². The molecule has 8 nitrogen and oxygen atoms in total. The first-order chi connectivity index (χ1) is 22.5. The van der Waals surface area contributed by atoms with Crippen molar-refractivity contribution in [3.05, 3.63) is 49.4 Å². The quantitative estimate of drug-likeness (QED) is 0.0751. The first kappa shape index (κ1) is 39.0. The van der Waals surface area contributed by atoms with Gasteiger partial charge in [-0.2, -0.15) is 0 Å². The smallest absolute Gasteiger partial charge is 0.315 e. The lowest BCUT2D eigenvalue weighted by Gasteiger charge is -2.39. The van der Waals surface area contributed by atoms with Gasteiger partial charge in [-0.1, -0.05) is 79.7 Å². The summed E-state index contributed by atoms with van der Waals surface area (Å²) in [5.74, 6) is 3.53. The number of Topliss-reactive ketones (excluding diaryl/α,β-unsaturated/α-hetero) is 1. The SMILES string of the molecule is C#CCCC(CC(=C)C(=C)NCC=C)NC(=C)C1[C@@H]2[C@H](CN1C(=O)C(NC(=O)NC(CCC(C)=O)C(C)(C)C)C1CCCCC1)C2(C)C. The molecule has 2 saturated carbocycles. The van der Waals surface area contributed by atoms with Crippen LogP contribution < -0.4 is 21.3 Å². The predicted molar refractivity (Wildman–Crippen MR) is 197 cm³/mol. The molecule has 1 heterocycles. The van der Waals surface area contributed by atoms with Gasteiger partial charge in [0.25, 0.3) is 0 Å². The highest BCUT2D eigenvalue weighted by molar-refractivity contribution is 5.88. The fourth-order valence-corrected chi connectivity index (χ4v) is 7.92. The molecule has 266 valence electrons. The number of urea groups is 1. The molecule has 8 heteroatoms. The maximum atomic E-state index is 14.7. The largest absolute Gasteiger partial charge is 0.384 e. The van der Waals surface area contributed by atoms with E-state index in [0.29, 0.717) is 44.7 Å². The minimum absolute atomic E-state index is 0.0245. The van der Waals surface area contributed by atoms with Gasteiger partial charge in [-0.15, -0.1) is 18.9 Å². The van der Waals surface area contributed by atoms with Crippen molar-refractivity contribution in [1.82, 2.24) is 26.2 Å².